The summed E-state index contributed by atoms with van der Waals surface area (Å²) in [6.45, 7) is 3.58. The summed E-state index contributed by atoms with van der Waals surface area (Å²) in [7, 11) is 0. The molecule has 0 saturated heterocycles. The summed E-state index contributed by atoms with van der Waals surface area (Å²) in [4.78, 5) is 0. The maximum atomic E-state index is 9.55. The fraction of sp³-hybridized carbons (Fsp3) is 0.200. The number of para-hydroxylation sites is 1. The SMILES string of the molecule is C=CC[C@H](N)c1cccc(Cl)c1O. The van der Waals surface area contributed by atoms with Gasteiger partial charge in [0.15, 0.2) is 0 Å². The molecule has 0 aliphatic carbocycles. The topological polar surface area (TPSA) is 46.2 Å². The van der Waals surface area contributed by atoms with Gasteiger partial charge in [-0.2, -0.15) is 0 Å². The molecule has 1 atom stereocenters. The van der Waals surface area contributed by atoms with Crippen LogP contribution in [0.15, 0.2) is 30.9 Å². The van der Waals surface area contributed by atoms with Gasteiger partial charge in [0.2, 0.25) is 0 Å². The van der Waals surface area contributed by atoms with Gasteiger partial charge < -0.3 is 10.8 Å². The third kappa shape index (κ3) is 2.23. The fourth-order valence-electron chi connectivity index (χ4n) is 1.14. The average molecular weight is 198 g/mol. The molecule has 3 heteroatoms. The van der Waals surface area contributed by atoms with Crippen LogP contribution in [0.25, 0.3) is 0 Å². The van der Waals surface area contributed by atoms with E-state index in [0.717, 1.165) is 0 Å². The minimum absolute atomic E-state index is 0.0681. The summed E-state index contributed by atoms with van der Waals surface area (Å²) in [5.74, 6) is 0.0681. The molecule has 0 aromatic heterocycles. The van der Waals surface area contributed by atoms with Crippen molar-refractivity contribution in [2.45, 2.75) is 12.5 Å². The number of benzene rings is 1. The highest BCUT2D eigenvalue weighted by molar-refractivity contribution is 6.32. The van der Waals surface area contributed by atoms with Crippen LogP contribution in [0.3, 0.4) is 0 Å². The van der Waals surface area contributed by atoms with Gasteiger partial charge in [0.25, 0.3) is 0 Å². The largest absolute Gasteiger partial charge is 0.506 e. The van der Waals surface area contributed by atoms with Gasteiger partial charge >= 0.3 is 0 Å². The third-order valence-corrected chi connectivity index (χ3v) is 2.14. The van der Waals surface area contributed by atoms with Crippen molar-refractivity contribution in [3.8, 4) is 5.75 Å². The molecule has 0 spiro atoms. The summed E-state index contributed by atoms with van der Waals surface area (Å²) < 4.78 is 0. The number of hydrogen-bond donors (Lipinski definition) is 2. The Morgan fingerprint density at radius 3 is 2.92 bits per heavy atom. The van der Waals surface area contributed by atoms with Crippen LogP contribution < -0.4 is 5.73 Å². The standard InChI is InChI=1S/C10H12ClNO/c1-2-4-9(12)7-5-3-6-8(11)10(7)13/h2-3,5-6,9,13H,1,4,12H2/t9-/m0/s1. The Hall–Kier alpha value is -0.990. The van der Waals surface area contributed by atoms with E-state index in [4.69, 9.17) is 17.3 Å². The van der Waals surface area contributed by atoms with E-state index < -0.39 is 0 Å². The molecule has 0 radical (unpaired) electrons. The summed E-state index contributed by atoms with van der Waals surface area (Å²) in [6, 6.07) is 4.91. The predicted molar refractivity (Wildman–Crippen MR) is 54.9 cm³/mol. The van der Waals surface area contributed by atoms with Crippen LogP contribution in [-0.2, 0) is 0 Å². The lowest BCUT2D eigenvalue weighted by atomic mass is 10.0. The molecule has 0 amide bonds. The fourth-order valence-corrected chi connectivity index (χ4v) is 1.32. The Morgan fingerprint density at radius 2 is 2.31 bits per heavy atom. The zero-order valence-corrected chi connectivity index (χ0v) is 7.96. The average Bonchev–Trinajstić information content (AvgIpc) is 2.10. The normalized spacial score (nSPS) is 12.5. The van der Waals surface area contributed by atoms with Crippen LogP contribution in [0.2, 0.25) is 5.02 Å². The van der Waals surface area contributed by atoms with Gasteiger partial charge in [-0.25, -0.2) is 0 Å². The molecular formula is C10H12ClNO. The number of phenols is 1. The first-order valence-corrected chi connectivity index (χ1v) is 4.38. The molecule has 0 heterocycles. The van der Waals surface area contributed by atoms with Crippen LogP contribution in [0.1, 0.15) is 18.0 Å². The summed E-state index contributed by atoms with van der Waals surface area (Å²) >= 11 is 5.73. The smallest absolute Gasteiger partial charge is 0.138 e. The van der Waals surface area contributed by atoms with Crippen LogP contribution >= 0.6 is 11.6 Å². The molecule has 0 bridgehead atoms. The Labute approximate surface area is 82.6 Å². The van der Waals surface area contributed by atoms with Crippen molar-refractivity contribution in [2.75, 3.05) is 0 Å². The minimum atomic E-state index is -0.240. The molecule has 2 nitrogen and oxygen atoms in total. The Balaban J connectivity index is 3.00. The zero-order valence-electron chi connectivity index (χ0n) is 7.20. The van der Waals surface area contributed by atoms with Crippen LogP contribution in [0, 0.1) is 0 Å². The molecule has 1 aromatic carbocycles. The zero-order chi connectivity index (χ0) is 9.84. The van der Waals surface area contributed by atoms with Crippen molar-refractivity contribution in [3.05, 3.63) is 41.4 Å². The van der Waals surface area contributed by atoms with E-state index in [2.05, 4.69) is 6.58 Å². The Morgan fingerprint density at radius 1 is 1.62 bits per heavy atom. The molecule has 1 rings (SSSR count). The van der Waals surface area contributed by atoms with Gasteiger partial charge in [0, 0.05) is 11.6 Å². The van der Waals surface area contributed by atoms with Crippen molar-refractivity contribution in [1.82, 2.24) is 0 Å². The van der Waals surface area contributed by atoms with Gasteiger partial charge in [-0.05, 0) is 12.5 Å². The van der Waals surface area contributed by atoms with Crippen molar-refractivity contribution in [2.24, 2.45) is 5.73 Å². The third-order valence-electron chi connectivity index (χ3n) is 1.84. The Bertz CT molecular complexity index is 312. The molecule has 0 aliphatic heterocycles. The molecule has 0 fully saturated rings. The first-order chi connectivity index (χ1) is 6.16. The van der Waals surface area contributed by atoms with Gasteiger partial charge in [0.05, 0.1) is 5.02 Å². The number of aromatic hydroxyl groups is 1. The lowest BCUT2D eigenvalue weighted by molar-refractivity contribution is 0.462. The number of phenolic OH excluding ortho intramolecular Hbond substituents is 1. The van der Waals surface area contributed by atoms with Crippen molar-refractivity contribution < 1.29 is 5.11 Å². The van der Waals surface area contributed by atoms with E-state index in [9.17, 15) is 5.11 Å². The van der Waals surface area contributed by atoms with Gasteiger partial charge in [0.1, 0.15) is 5.75 Å². The second-order valence-corrected chi connectivity index (χ2v) is 3.22. The monoisotopic (exact) mass is 197 g/mol. The van der Waals surface area contributed by atoms with E-state index in [0.29, 0.717) is 17.0 Å². The summed E-state index contributed by atoms with van der Waals surface area (Å²) in [5, 5.41) is 9.88. The number of halogens is 1. The Kier molecular flexibility index (Phi) is 3.34. The highest BCUT2D eigenvalue weighted by Crippen LogP contribution is 2.31. The molecule has 0 aliphatic rings. The lowest BCUT2D eigenvalue weighted by Gasteiger charge is -2.11. The van der Waals surface area contributed by atoms with E-state index in [-0.39, 0.29) is 11.8 Å². The van der Waals surface area contributed by atoms with Crippen LogP contribution in [-0.4, -0.2) is 5.11 Å². The second-order valence-electron chi connectivity index (χ2n) is 2.81. The highest BCUT2D eigenvalue weighted by atomic mass is 35.5. The molecule has 13 heavy (non-hydrogen) atoms. The van der Waals surface area contributed by atoms with Gasteiger partial charge in [-0.15, -0.1) is 6.58 Å². The molecular weight excluding hydrogens is 186 g/mol. The predicted octanol–water partition coefficient (Wildman–Crippen LogP) is 2.62. The van der Waals surface area contributed by atoms with Gasteiger partial charge in [-0.3, -0.25) is 0 Å². The van der Waals surface area contributed by atoms with Crippen LogP contribution in [0.4, 0.5) is 0 Å². The molecule has 0 saturated carbocycles. The minimum Gasteiger partial charge on any atom is -0.506 e. The molecule has 0 unspecified atom stereocenters. The number of nitrogens with two attached hydrogens (primary N) is 1. The van der Waals surface area contributed by atoms with Crippen molar-refractivity contribution >= 4 is 11.6 Å². The van der Waals surface area contributed by atoms with E-state index >= 15 is 0 Å². The van der Waals surface area contributed by atoms with Crippen molar-refractivity contribution in [1.29, 1.82) is 0 Å². The van der Waals surface area contributed by atoms with Gasteiger partial charge in [-0.1, -0.05) is 29.8 Å². The van der Waals surface area contributed by atoms with E-state index in [1.165, 1.54) is 0 Å². The first kappa shape index (κ1) is 10.1. The molecule has 1 aromatic rings. The lowest BCUT2D eigenvalue weighted by Crippen LogP contribution is -2.09. The van der Waals surface area contributed by atoms with Crippen LogP contribution in [0.5, 0.6) is 5.75 Å². The van der Waals surface area contributed by atoms with Crippen molar-refractivity contribution in [3.63, 3.8) is 0 Å². The molecule has 3 N–H and O–H groups in total. The summed E-state index contributed by atoms with van der Waals surface area (Å²) in [5.41, 5.74) is 6.44. The maximum absolute atomic E-state index is 9.55. The van der Waals surface area contributed by atoms with E-state index in [1.54, 1.807) is 24.3 Å². The summed E-state index contributed by atoms with van der Waals surface area (Å²) in [6.07, 6.45) is 2.33. The highest BCUT2D eigenvalue weighted by Gasteiger charge is 2.10. The number of rotatable bonds is 3. The second kappa shape index (κ2) is 4.30. The quantitative estimate of drug-likeness (QED) is 0.732. The number of hydrogen-bond acceptors (Lipinski definition) is 2. The first-order valence-electron chi connectivity index (χ1n) is 4.00. The molecule has 70 valence electrons. The maximum Gasteiger partial charge on any atom is 0.138 e. The van der Waals surface area contributed by atoms with E-state index in [1.807, 2.05) is 0 Å².